The van der Waals surface area contributed by atoms with Crippen molar-refractivity contribution in [2.75, 3.05) is 13.2 Å². The lowest BCUT2D eigenvalue weighted by Crippen LogP contribution is -2.32. The van der Waals surface area contributed by atoms with Crippen LogP contribution in [0.2, 0.25) is 0 Å². The highest BCUT2D eigenvalue weighted by molar-refractivity contribution is 6.08. The summed E-state index contributed by atoms with van der Waals surface area (Å²) in [6.45, 7) is 1.40. The average molecular weight is 309 g/mol. The quantitative estimate of drug-likeness (QED) is 0.803. The van der Waals surface area contributed by atoms with Gasteiger partial charge in [-0.05, 0) is 29.7 Å². The topological polar surface area (TPSA) is 51.5 Å². The maximum Gasteiger partial charge on any atom is 0.224 e. The molecule has 0 aliphatic carbocycles. The van der Waals surface area contributed by atoms with Crippen molar-refractivity contribution in [3.8, 4) is 0 Å². The lowest BCUT2D eigenvalue weighted by molar-refractivity contribution is -0.120. The van der Waals surface area contributed by atoms with Gasteiger partial charge in [-0.1, -0.05) is 30.3 Å². The van der Waals surface area contributed by atoms with Gasteiger partial charge < -0.3 is 14.5 Å². The van der Waals surface area contributed by atoms with E-state index in [9.17, 15) is 4.79 Å². The third-order valence-corrected chi connectivity index (χ3v) is 4.44. The Morgan fingerprint density at radius 3 is 3.00 bits per heavy atom. The number of furan rings is 1. The molecular weight excluding hydrogens is 290 g/mol. The minimum atomic E-state index is 0.0103. The summed E-state index contributed by atoms with van der Waals surface area (Å²) < 4.78 is 11.2. The van der Waals surface area contributed by atoms with Gasteiger partial charge in [-0.15, -0.1) is 0 Å². The molecule has 2 heterocycles. The monoisotopic (exact) mass is 309 g/mol. The van der Waals surface area contributed by atoms with Crippen LogP contribution in [-0.4, -0.2) is 25.2 Å². The van der Waals surface area contributed by atoms with Crippen molar-refractivity contribution < 1.29 is 13.9 Å². The van der Waals surface area contributed by atoms with Gasteiger partial charge in [-0.3, -0.25) is 4.79 Å². The predicted octanol–water partition coefficient (Wildman–Crippen LogP) is 3.42. The number of carbonyl (C=O) groups is 1. The Hall–Kier alpha value is -2.33. The Morgan fingerprint density at radius 2 is 2.13 bits per heavy atom. The van der Waals surface area contributed by atoms with Crippen LogP contribution in [-0.2, 0) is 16.0 Å². The Balaban J connectivity index is 1.56. The number of rotatable bonds is 4. The molecule has 0 saturated carbocycles. The van der Waals surface area contributed by atoms with Crippen molar-refractivity contribution in [2.45, 2.75) is 25.4 Å². The smallest absolute Gasteiger partial charge is 0.224 e. The van der Waals surface area contributed by atoms with Crippen LogP contribution >= 0.6 is 0 Å². The van der Waals surface area contributed by atoms with Gasteiger partial charge in [-0.2, -0.15) is 0 Å². The lowest BCUT2D eigenvalue weighted by atomic mass is 10.0. The van der Waals surface area contributed by atoms with E-state index in [-0.39, 0.29) is 12.0 Å². The molecule has 118 valence electrons. The van der Waals surface area contributed by atoms with Crippen LogP contribution in [0, 0.1) is 0 Å². The molecule has 1 atom stereocenters. The van der Waals surface area contributed by atoms with E-state index in [1.165, 1.54) is 0 Å². The minimum absolute atomic E-state index is 0.0103. The van der Waals surface area contributed by atoms with Crippen molar-refractivity contribution in [3.05, 3.63) is 48.2 Å². The van der Waals surface area contributed by atoms with Gasteiger partial charge in [0.25, 0.3) is 0 Å². The summed E-state index contributed by atoms with van der Waals surface area (Å²) >= 11 is 0. The van der Waals surface area contributed by atoms with E-state index in [4.69, 9.17) is 9.15 Å². The highest BCUT2D eigenvalue weighted by Gasteiger charge is 2.17. The van der Waals surface area contributed by atoms with Crippen LogP contribution in [0.4, 0.5) is 0 Å². The van der Waals surface area contributed by atoms with Gasteiger partial charge in [0.1, 0.15) is 5.58 Å². The normalized spacial score (nSPS) is 17.8. The Bertz CT molecular complexity index is 846. The van der Waals surface area contributed by atoms with E-state index >= 15 is 0 Å². The number of nitrogens with one attached hydrogen (secondary N) is 1. The van der Waals surface area contributed by atoms with Crippen molar-refractivity contribution >= 4 is 27.6 Å². The van der Waals surface area contributed by atoms with E-state index in [1.54, 1.807) is 6.26 Å². The molecule has 1 fully saturated rings. The maximum atomic E-state index is 12.2. The van der Waals surface area contributed by atoms with Gasteiger partial charge in [0.05, 0.1) is 18.8 Å². The average Bonchev–Trinajstić information content (AvgIpc) is 3.23. The molecule has 1 saturated heterocycles. The number of carbonyl (C=O) groups excluding carboxylic acids is 1. The molecule has 3 aromatic rings. The molecule has 0 radical (unpaired) electrons. The predicted molar refractivity (Wildman–Crippen MR) is 89.4 cm³/mol. The molecular formula is C19H19NO3. The number of amides is 1. The van der Waals surface area contributed by atoms with Gasteiger partial charge in [0, 0.05) is 24.1 Å². The molecule has 1 N–H and O–H groups in total. The molecule has 1 amide bonds. The van der Waals surface area contributed by atoms with Gasteiger partial charge in [-0.25, -0.2) is 0 Å². The van der Waals surface area contributed by atoms with Crippen LogP contribution in [0.25, 0.3) is 21.7 Å². The zero-order chi connectivity index (χ0) is 15.6. The molecule has 4 rings (SSSR count). The van der Waals surface area contributed by atoms with Crippen molar-refractivity contribution in [2.24, 2.45) is 0 Å². The van der Waals surface area contributed by atoms with E-state index < -0.39 is 0 Å². The molecule has 1 aromatic heterocycles. The second-order valence-electron chi connectivity index (χ2n) is 6.04. The summed E-state index contributed by atoms with van der Waals surface area (Å²) in [4.78, 5) is 12.2. The number of fused-ring (bicyclic) bond motifs is 3. The summed E-state index contributed by atoms with van der Waals surface area (Å²) in [5.74, 6) is 0.0103. The zero-order valence-electron chi connectivity index (χ0n) is 12.9. The lowest BCUT2D eigenvalue weighted by Gasteiger charge is -2.10. The standard InChI is InChI=1S/C19H19NO3/c21-18(20-11-15-5-3-9-22-15)10-14-12-23-17-8-7-13-4-1-2-6-16(13)19(14)17/h1-2,4,6-8,12,15H,3,5,9-11H2,(H,20,21). The molecule has 4 heteroatoms. The van der Waals surface area contributed by atoms with E-state index in [2.05, 4.69) is 17.4 Å². The summed E-state index contributed by atoms with van der Waals surface area (Å²) in [5, 5.41) is 6.29. The van der Waals surface area contributed by atoms with Gasteiger partial charge in [0.15, 0.2) is 0 Å². The van der Waals surface area contributed by atoms with Crippen molar-refractivity contribution in [3.63, 3.8) is 0 Å². The fraction of sp³-hybridized carbons (Fsp3) is 0.316. The first-order valence-corrected chi connectivity index (χ1v) is 8.07. The largest absolute Gasteiger partial charge is 0.464 e. The fourth-order valence-electron chi connectivity index (χ4n) is 3.27. The first kappa shape index (κ1) is 14.3. The van der Waals surface area contributed by atoms with Crippen LogP contribution in [0.3, 0.4) is 0 Å². The SMILES string of the molecule is O=C(Cc1coc2ccc3ccccc3c12)NCC1CCCO1. The summed E-state index contributed by atoms with van der Waals surface area (Å²) in [6.07, 6.45) is 4.30. The van der Waals surface area contributed by atoms with Crippen LogP contribution in [0.5, 0.6) is 0 Å². The van der Waals surface area contributed by atoms with Crippen molar-refractivity contribution in [1.29, 1.82) is 0 Å². The second-order valence-corrected chi connectivity index (χ2v) is 6.04. The molecule has 1 aliphatic rings. The summed E-state index contributed by atoms with van der Waals surface area (Å²) in [5.41, 5.74) is 1.76. The number of benzene rings is 2. The molecule has 2 aromatic carbocycles. The first-order valence-electron chi connectivity index (χ1n) is 8.07. The van der Waals surface area contributed by atoms with Gasteiger partial charge in [0.2, 0.25) is 5.91 Å². The number of hydrogen-bond acceptors (Lipinski definition) is 3. The number of hydrogen-bond donors (Lipinski definition) is 1. The van der Waals surface area contributed by atoms with Crippen LogP contribution in [0.1, 0.15) is 18.4 Å². The molecule has 1 unspecified atom stereocenters. The Labute approximate surface area is 134 Å². The molecule has 23 heavy (non-hydrogen) atoms. The highest BCUT2D eigenvalue weighted by Crippen LogP contribution is 2.30. The Morgan fingerprint density at radius 1 is 1.22 bits per heavy atom. The highest BCUT2D eigenvalue weighted by atomic mass is 16.5. The first-order chi connectivity index (χ1) is 11.3. The third kappa shape index (κ3) is 2.82. The molecule has 0 bridgehead atoms. The van der Waals surface area contributed by atoms with E-state index in [1.807, 2.05) is 24.3 Å². The second kappa shape index (κ2) is 6.05. The third-order valence-electron chi connectivity index (χ3n) is 4.44. The van der Waals surface area contributed by atoms with E-state index in [0.29, 0.717) is 13.0 Å². The molecule has 1 aliphatic heterocycles. The number of ether oxygens (including phenoxy) is 1. The molecule has 4 nitrogen and oxygen atoms in total. The van der Waals surface area contributed by atoms with Gasteiger partial charge >= 0.3 is 0 Å². The minimum Gasteiger partial charge on any atom is -0.464 e. The maximum absolute atomic E-state index is 12.2. The van der Waals surface area contributed by atoms with Crippen LogP contribution < -0.4 is 5.32 Å². The Kier molecular flexibility index (Phi) is 3.75. The summed E-state index contributed by atoms with van der Waals surface area (Å²) in [7, 11) is 0. The van der Waals surface area contributed by atoms with Crippen LogP contribution in [0.15, 0.2) is 47.1 Å². The van der Waals surface area contributed by atoms with E-state index in [0.717, 1.165) is 46.8 Å². The van der Waals surface area contributed by atoms with Crippen molar-refractivity contribution in [1.82, 2.24) is 5.32 Å². The summed E-state index contributed by atoms with van der Waals surface area (Å²) in [6, 6.07) is 12.2. The molecule has 0 spiro atoms. The zero-order valence-corrected chi connectivity index (χ0v) is 12.9. The fourth-order valence-corrected chi connectivity index (χ4v) is 3.27.